The number of carbonyl (C=O) groups is 1. The van der Waals surface area contributed by atoms with Gasteiger partial charge in [0, 0.05) is 0 Å². The van der Waals surface area contributed by atoms with Crippen molar-refractivity contribution in [2.24, 2.45) is 5.92 Å². The van der Waals surface area contributed by atoms with Crippen LogP contribution in [0, 0.1) is 5.92 Å². The van der Waals surface area contributed by atoms with Crippen LogP contribution < -0.4 is 10.6 Å². The lowest BCUT2D eigenvalue weighted by atomic mass is 9.97. The van der Waals surface area contributed by atoms with Crippen molar-refractivity contribution in [3.05, 3.63) is 0 Å². The highest BCUT2D eigenvalue weighted by molar-refractivity contribution is 5.83. The molecule has 0 saturated carbocycles. The molecule has 1 amide bonds. The molecule has 0 aromatic rings. The number of hydrogen-bond acceptors (Lipinski definition) is 3. The van der Waals surface area contributed by atoms with Gasteiger partial charge in [-0.2, -0.15) is 0 Å². The molecule has 4 heteroatoms. The zero-order chi connectivity index (χ0) is 11.5. The highest BCUT2D eigenvalue weighted by Crippen LogP contribution is 2.16. The Labute approximate surface area is 91.4 Å². The Kier molecular flexibility index (Phi) is 4.11. The van der Waals surface area contributed by atoms with Gasteiger partial charge in [0.15, 0.2) is 0 Å². The third-order valence-electron chi connectivity index (χ3n) is 3.37. The molecule has 1 aliphatic heterocycles. The summed E-state index contributed by atoms with van der Waals surface area (Å²) in [4.78, 5) is 11.9. The summed E-state index contributed by atoms with van der Waals surface area (Å²) in [5.41, 5.74) is -0.485. The summed E-state index contributed by atoms with van der Waals surface area (Å²) < 4.78 is 0. The standard InChI is InChI=1S/C11H22N2O2/c1-4-11(3,7-14)13-10(15)9-8(2)5-6-12-9/h8-9,12,14H,4-7H2,1-3H3,(H,13,15). The quantitative estimate of drug-likeness (QED) is 0.629. The molecule has 0 bridgehead atoms. The van der Waals surface area contributed by atoms with E-state index in [0.29, 0.717) is 5.92 Å². The van der Waals surface area contributed by atoms with Gasteiger partial charge >= 0.3 is 0 Å². The predicted molar refractivity (Wildman–Crippen MR) is 59.5 cm³/mol. The normalized spacial score (nSPS) is 29.9. The second-order valence-electron chi connectivity index (χ2n) is 4.76. The van der Waals surface area contributed by atoms with E-state index in [2.05, 4.69) is 17.6 Å². The Hall–Kier alpha value is -0.610. The van der Waals surface area contributed by atoms with Crippen LogP contribution in [-0.2, 0) is 4.79 Å². The predicted octanol–water partition coefficient (Wildman–Crippen LogP) is 0.262. The fourth-order valence-electron chi connectivity index (χ4n) is 1.80. The van der Waals surface area contributed by atoms with Crippen LogP contribution in [0.2, 0.25) is 0 Å². The van der Waals surface area contributed by atoms with Crippen LogP contribution in [-0.4, -0.2) is 35.7 Å². The molecule has 3 atom stereocenters. The van der Waals surface area contributed by atoms with Crippen LogP contribution in [0.4, 0.5) is 0 Å². The molecule has 15 heavy (non-hydrogen) atoms. The van der Waals surface area contributed by atoms with E-state index >= 15 is 0 Å². The van der Waals surface area contributed by atoms with Gasteiger partial charge in [-0.1, -0.05) is 13.8 Å². The summed E-state index contributed by atoms with van der Waals surface area (Å²) in [5, 5.41) is 15.3. The van der Waals surface area contributed by atoms with Crippen LogP contribution in [0.25, 0.3) is 0 Å². The third-order valence-corrected chi connectivity index (χ3v) is 3.37. The third kappa shape index (κ3) is 2.92. The van der Waals surface area contributed by atoms with Crippen molar-refractivity contribution in [1.29, 1.82) is 0 Å². The van der Waals surface area contributed by atoms with Crippen molar-refractivity contribution >= 4 is 5.91 Å². The van der Waals surface area contributed by atoms with Gasteiger partial charge in [-0.15, -0.1) is 0 Å². The van der Waals surface area contributed by atoms with E-state index < -0.39 is 5.54 Å². The zero-order valence-corrected chi connectivity index (χ0v) is 9.84. The maximum atomic E-state index is 11.9. The fourth-order valence-corrected chi connectivity index (χ4v) is 1.80. The lowest BCUT2D eigenvalue weighted by Crippen LogP contribution is -2.54. The summed E-state index contributed by atoms with van der Waals surface area (Å²) >= 11 is 0. The average Bonchev–Trinajstić information content (AvgIpc) is 2.64. The number of aliphatic hydroxyl groups excluding tert-OH is 1. The van der Waals surface area contributed by atoms with E-state index in [9.17, 15) is 9.90 Å². The van der Waals surface area contributed by atoms with Crippen LogP contribution in [0.3, 0.4) is 0 Å². The van der Waals surface area contributed by atoms with Gasteiger partial charge in [0.2, 0.25) is 5.91 Å². The molecule has 1 fully saturated rings. The zero-order valence-electron chi connectivity index (χ0n) is 9.84. The molecule has 1 heterocycles. The molecule has 88 valence electrons. The first-order valence-electron chi connectivity index (χ1n) is 5.68. The number of carbonyl (C=O) groups excluding carboxylic acids is 1. The van der Waals surface area contributed by atoms with Crippen molar-refractivity contribution < 1.29 is 9.90 Å². The molecule has 4 nitrogen and oxygen atoms in total. The molecule has 0 radical (unpaired) electrons. The lowest BCUT2D eigenvalue weighted by molar-refractivity contribution is -0.126. The summed E-state index contributed by atoms with van der Waals surface area (Å²) in [5.74, 6) is 0.392. The SMILES string of the molecule is CCC(C)(CO)NC(=O)C1NCCC1C. The van der Waals surface area contributed by atoms with E-state index in [4.69, 9.17) is 0 Å². The topological polar surface area (TPSA) is 61.4 Å². The van der Waals surface area contributed by atoms with Crippen LogP contribution in [0.1, 0.15) is 33.6 Å². The fraction of sp³-hybridized carbons (Fsp3) is 0.909. The smallest absolute Gasteiger partial charge is 0.237 e. The lowest BCUT2D eigenvalue weighted by Gasteiger charge is -2.29. The molecule has 0 aliphatic carbocycles. The second kappa shape index (κ2) is 4.94. The Morgan fingerprint density at radius 2 is 2.33 bits per heavy atom. The van der Waals surface area contributed by atoms with E-state index in [1.807, 2.05) is 13.8 Å². The van der Waals surface area contributed by atoms with Crippen molar-refractivity contribution in [3.8, 4) is 0 Å². The number of hydrogen-bond donors (Lipinski definition) is 3. The largest absolute Gasteiger partial charge is 0.394 e. The summed E-state index contributed by atoms with van der Waals surface area (Å²) in [6.45, 7) is 6.79. The average molecular weight is 214 g/mol. The highest BCUT2D eigenvalue weighted by atomic mass is 16.3. The van der Waals surface area contributed by atoms with Gasteiger partial charge in [0.05, 0.1) is 18.2 Å². The maximum absolute atomic E-state index is 11.9. The Bertz CT molecular complexity index is 227. The van der Waals surface area contributed by atoms with E-state index in [1.165, 1.54) is 0 Å². The van der Waals surface area contributed by atoms with Crippen LogP contribution in [0.5, 0.6) is 0 Å². The summed E-state index contributed by atoms with van der Waals surface area (Å²) in [6, 6.07) is -0.0950. The minimum Gasteiger partial charge on any atom is -0.394 e. The number of nitrogens with one attached hydrogen (secondary N) is 2. The van der Waals surface area contributed by atoms with E-state index in [0.717, 1.165) is 19.4 Å². The molecular formula is C11H22N2O2. The first-order chi connectivity index (χ1) is 7.02. The molecule has 0 spiro atoms. The molecule has 1 saturated heterocycles. The van der Waals surface area contributed by atoms with Crippen molar-refractivity contribution in [2.45, 2.75) is 45.2 Å². The van der Waals surface area contributed by atoms with Gasteiger partial charge in [-0.3, -0.25) is 4.79 Å². The molecular weight excluding hydrogens is 192 g/mol. The van der Waals surface area contributed by atoms with Gasteiger partial charge in [0.25, 0.3) is 0 Å². The first kappa shape index (κ1) is 12.5. The van der Waals surface area contributed by atoms with Crippen molar-refractivity contribution in [2.75, 3.05) is 13.2 Å². The molecule has 3 N–H and O–H groups in total. The number of aliphatic hydroxyl groups is 1. The monoisotopic (exact) mass is 214 g/mol. The van der Waals surface area contributed by atoms with Crippen LogP contribution in [0.15, 0.2) is 0 Å². The van der Waals surface area contributed by atoms with Gasteiger partial charge in [0.1, 0.15) is 0 Å². The Morgan fingerprint density at radius 1 is 1.67 bits per heavy atom. The van der Waals surface area contributed by atoms with E-state index in [1.54, 1.807) is 0 Å². The van der Waals surface area contributed by atoms with Crippen LogP contribution >= 0.6 is 0 Å². The number of amides is 1. The minimum atomic E-state index is -0.485. The van der Waals surface area contributed by atoms with Gasteiger partial charge in [-0.25, -0.2) is 0 Å². The molecule has 0 aromatic heterocycles. The maximum Gasteiger partial charge on any atom is 0.237 e. The second-order valence-corrected chi connectivity index (χ2v) is 4.76. The van der Waals surface area contributed by atoms with Crippen molar-refractivity contribution in [1.82, 2.24) is 10.6 Å². The Balaban J connectivity index is 2.54. The molecule has 3 unspecified atom stereocenters. The minimum absolute atomic E-state index is 0.0124. The number of rotatable bonds is 4. The Morgan fingerprint density at radius 3 is 2.73 bits per heavy atom. The van der Waals surface area contributed by atoms with Crippen molar-refractivity contribution in [3.63, 3.8) is 0 Å². The summed E-state index contributed by atoms with van der Waals surface area (Å²) in [7, 11) is 0. The van der Waals surface area contributed by atoms with Gasteiger partial charge in [-0.05, 0) is 32.2 Å². The van der Waals surface area contributed by atoms with E-state index in [-0.39, 0.29) is 18.6 Å². The first-order valence-corrected chi connectivity index (χ1v) is 5.68. The highest BCUT2D eigenvalue weighted by Gasteiger charge is 2.33. The van der Waals surface area contributed by atoms with Gasteiger partial charge < -0.3 is 15.7 Å². The molecule has 1 rings (SSSR count). The molecule has 0 aromatic carbocycles. The summed E-state index contributed by atoms with van der Waals surface area (Å²) in [6.07, 6.45) is 1.77. The molecule has 1 aliphatic rings.